The van der Waals surface area contributed by atoms with Crippen molar-refractivity contribution in [2.24, 2.45) is 5.73 Å². The van der Waals surface area contributed by atoms with Crippen molar-refractivity contribution < 1.29 is 19.2 Å². The number of amides is 4. The molecule has 3 N–H and O–H groups in total. The van der Waals surface area contributed by atoms with Gasteiger partial charge in [0.05, 0.1) is 5.69 Å². The van der Waals surface area contributed by atoms with Crippen molar-refractivity contribution in [3.05, 3.63) is 65.2 Å². The average molecular weight is 365 g/mol. The number of benzene rings is 2. The molecule has 1 saturated heterocycles. The van der Waals surface area contributed by atoms with Crippen LogP contribution in [0.3, 0.4) is 0 Å². The number of hydrogen-bond acceptors (Lipinski definition) is 4. The van der Waals surface area contributed by atoms with Crippen molar-refractivity contribution in [2.75, 3.05) is 11.4 Å². The van der Waals surface area contributed by atoms with Crippen LogP contribution < -0.4 is 16.0 Å². The van der Waals surface area contributed by atoms with Crippen LogP contribution in [0.4, 0.5) is 5.69 Å². The highest BCUT2D eigenvalue weighted by Gasteiger charge is 2.30. The fourth-order valence-electron chi connectivity index (χ4n) is 2.93. The Morgan fingerprint density at radius 2 is 1.63 bits per heavy atom. The molecule has 0 saturated carbocycles. The lowest BCUT2D eigenvalue weighted by atomic mass is 10.1. The maximum atomic E-state index is 12.2. The lowest BCUT2D eigenvalue weighted by Gasteiger charge is -2.14. The Balaban J connectivity index is 1.57. The Hall–Kier alpha value is -3.48. The molecule has 138 valence electrons. The molecule has 1 fully saturated rings. The van der Waals surface area contributed by atoms with E-state index in [-0.39, 0.29) is 30.6 Å². The van der Waals surface area contributed by atoms with Gasteiger partial charge in [0.2, 0.25) is 17.7 Å². The summed E-state index contributed by atoms with van der Waals surface area (Å²) in [5.74, 6) is -1.20. The SMILES string of the molecule is NC(=O)c1cccc(CCNC(=O)c2ccc(N3C(=O)CCC3=O)cc2)c1. The third-order valence-electron chi connectivity index (χ3n) is 4.35. The number of hydrogen-bond donors (Lipinski definition) is 2. The molecule has 3 rings (SSSR count). The third kappa shape index (κ3) is 4.20. The standard InChI is InChI=1S/C20H19N3O4/c21-19(26)15-3-1-2-13(12-15)10-11-22-20(27)14-4-6-16(7-5-14)23-17(24)8-9-18(23)25/h1-7,12H,8-11H2,(H2,21,26)(H,22,27). The summed E-state index contributed by atoms with van der Waals surface area (Å²) in [5.41, 5.74) is 7.49. The van der Waals surface area contributed by atoms with E-state index >= 15 is 0 Å². The van der Waals surface area contributed by atoms with Gasteiger partial charge >= 0.3 is 0 Å². The normalized spacial score (nSPS) is 13.7. The zero-order chi connectivity index (χ0) is 19.4. The van der Waals surface area contributed by atoms with Gasteiger partial charge in [-0.3, -0.25) is 24.1 Å². The first-order chi connectivity index (χ1) is 13.0. The molecule has 0 aromatic heterocycles. The summed E-state index contributed by atoms with van der Waals surface area (Å²) in [4.78, 5) is 48.1. The Morgan fingerprint density at radius 1 is 0.963 bits per heavy atom. The minimum absolute atomic E-state index is 0.220. The van der Waals surface area contributed by atoms with Crippen LogP contribution in [0.2, 0.25) is 0 Å². The van der Waals surface area contributed by atoms with E-state index in [2.05, 4.69) is 5.32 Å². The first-order valence-electron chi connectivity index (χ1n) is 8.58. The smallest absolute Gasteiger partial charge is 0.251 e. The molecule has 0 atom stereocenters. The van der Waals surface area contributed by atoms with Crippen molar-refractivity contribution in [2.45, 2.75) is 19.3 Å². The summed E-state index contributed by atoms with van der Waals surface area (Å²) in [7, 11) is 0. The van der Waals surface area contributed by atoms with E-state index < -0.39 is 5.91 Å². The van der Waals surface area contributed by atoms with E-state index in [1.54, 1.807) is 42.5 Å². The summed E-state index contributed by atoms with van der Waals surface area (Å²) in [6.45, 7) is 0.395. The highest BCUT2D eigenvalue weighted by atomic mass is 16.2. The monoisotopic (exact) mass is 365 g/mol. The summed E-state index contributed by atoms with van der Waals surface area (Å²) < 4.78 is 0. The molecule has 0 aliphatic carbocycles. The van der Waals surface area contributed by atoms with Crippen molar-refractivity contribution in [1.29, 1.82) is 0 Å². The van der Waals surface area contributed by atoms with Gasteiger partial charge in [-0.25, -0.2) is 0 Å². The number of nitrogens with one attached hydrogen (secondary N) is 1. The second kappa shape index (κ2) is 7.82. The lowest BCUT2D eigenvalue weighted by Crippen LogP contribution is -2.29. The maximum Gasteiger partial charge on any atom is 0.251 e. The van der Waals surface area contributed by atoms with Crippen LogP contribution in [-0.4, -0.2) is 30.2 Å². The van der Waals surface area contributed by atoms with E-state index in [4.69, 9.17) is 5.73 Å². The quantitative estimate of drug-likeness (QED) is 0.754. The Kier molecular flexibility index (Phi) is 5.30. The van der Waals surface area contributed by atoms with Gasteiger partial charge in [-0.2, -0.15) is 0 Å². The maximum absolute atomic E-state index is 12.2. The predicted octanol–water partition coefficient (Wildman–Crippen LogP) is 1.41. The summed E-state index contributed by atoms with van der Waals surface area (Å²) >= 11 is 0. The molecule has 0 bridgehead atoms. The summed E-state index contributed by atoms with van der Waals surface area (Å²) in [6, 6.07) is 13.3. The van der Waals surface area contributed by atoms with Crippen LogP contribution in [0.25, 0.3) is 0 Å². The number of carbonyl (C=O) groups excluding carboxylic acids is 4. The molecule has 1 aliphatic heterocycles. The molecular formula is C20H19N3O4. The van der Waals surface area contributed by atoms with Crippen LogP contribution in [0.5, 0.6) is 0 Å². The molecule has 2 aromatic rings. The molecule has 1 heterocycles. The fraction of sp³-hybridized carbons (Fsp3) is 0.200. The fourth-order valence-corrected chi connectivity index (χ4v) is 2.93. The number of primary amides is 1. The first-order valence-corrected chi connectivity index (χ1v) is 8.58. The highest BCUT2D eigenvalue weighted by molar-refractivity contribution is 6.19. The molecule has 27 heavy (non-hydrogen) atoms. The van der Waals surface area contributed by atoms with Gasteiger partial charge in [0.25, 0.3) is 5.91 Å². The zero-order valence-electron chi connectivity index (χ0n) is 14.6. The van der Waals surface area contributed by atoms with Gasteiger partial charge in [0.15, 0.2) is 0 Å². The first kappa shape index (κ1) is 18.3. The predicted molar refractivity (Wildman–Crippen MR) is 99.2 cm³/mol. The highest BCUT2D eigenvalue weighted by Crippen LogP contribution is 2.22. The van der Waals surface area contributed by atoms with Crippen LogP contribution in [-0.2, 0) is 16.0 Å². The van der Waals surface area contributed by atoms with Crippen molar-refractivity contribution in [3.63, 3.8) is 0 Å². The molecule has 0 radical (unpaired) electrons. The van der Waals surface area contributed by atoms with Gasteiger partial charge in [0, 0.05) is 30.5 Å². The van der Waals surface area contributed by atoms with Gasteiger partial charge in [-0.1, -0.05) is 12.1 Å². The van der Waals surface area contributed by atoms with E-state index in [0.29, 0.717) is 29.8 Å². The minimum Gasteiger partial charge on any atom is -0.366 e. The molecule has 4 amide bonds. The van der Waals surface area contributed by atoms with Gasteiger partial charge in [0.1, 0.15) is 0 Å². The topological polar surface area (TPSA) is 110 Å². The number of anilines is 1. The Bertz CT molecular complexity index is 890. The Labute approximate surface area is 156 Å². The summed E-state index contributed by atoms with van der Waals surface area (Å²) in [5, 5.41) is 2.80. The third-order valence-corrected chi connectivity index (χ3v) is 4.35. The van der Waals surface area contributed by atoms with Crippen LogP contribution >= 0.6 is 0 Å². The van der Waals surface area contributed by atoms with E-state index in [9.17, 15) is 19.2 Å². The number of rotatable bonds is 6. The largest absolute Gasteiger partial charge is 0.366 e. The molecular weight excluding hydrogens is 346 g/mol. The Morgan fingerprint density at radius 3 is 2.26 bits per heavy atom. The molecule has 0 unspecified atom stereocenters. The van der Waals surface area contributed by atoms with Crippen molar-refractivity contribution >= 4 is 29.3 Å². The van der Waals surface area contributed by atoms with E-state index in [0.717, 1.165) is 10.5 Å². The molecule has 0 spiro atoms. The van der Waals surface area contributed by atoms with E-state index in [1.807, 2.05) is 6.07 Å². The van der Waals surface area contributed by atoms with E-state index in [1.165, 1.54) is 0 Å². The molecule has 7 nitrogen and oxygen atoms in total. The van der Waals surface area contributed by atoms with Crippen LogP contribution in [0.1, 0.15) is 39.1 Å². The number of imide groups is 1. The lowest BCUT2D eigenvalue weighted by molar-refractivity contribution is -0.121. The molecule has 2 aromatic carbocycles. The second-order valence-corrected chi connectivity index (χ2v) is 6.24. The summed E-state index contributed by atoms with van der Waals surface area (Å²) in [6.07, 6.45) is 0.998. The number of carbonyl (C=O) groups is 4. The number of nitrogens with two attached hydrogens (primary N) is 1. The minimum atomic E-state index is -0.490. The van der Waals surface area contributed by atoms with Crippen molar-refractivity contribution in [3.8, 4) is 0 Å². The van der Waals surface area contributed by atoms with Crippen LogP contribution in [0.15, 0.2) is 48.5 Å². The van der Waals surface area contributed by atoms with Crippen LogP contribution in [0, 0.1) is 0 Å². The second-order valence-electron chi connectivity index (χ2n) is 6.24. The zero-order valence-corrected chi connectivity index (χ0v) is 14.6. The average Bonchev–Trinajstić information content (AvgIpc) is 3.00. The molecule has 1 aliphatic rings. The van der Waals surface area contributed by atoms with Gasteiger partial charge in [-0.15, -0.1) is 0 Å². The number of nitrogens with zero attached hydrogens (tertiary/aromatic N) is 1. The molecule has 7 heteroatoms. The van der Waals surface area contributed by atoms with Gasteiger partial charge < -0.3 is 11.1 Å². The van der Waals surface area contributed by atoms with Gasteiger partial charge in [-0.05, 0) is 48.4 Å². The van der Waals surface area contributed by atoms with Crippen molar-refractivity contribution in [1.82, 2.24) is 5.32 Å².